The van der Waals surface area contributed by atoms with E-state index in [1.165, 1.54) is 16.2 Å². The van der Waals surface area contributed by atoms with Crippen LogP contribution in [0, 0.1) is 6.92 Å². The Morgan fingerprint density at radius 3 is 2.54 bits per heavy atom. The van der Waals surface area contributed by atoms with Gasteiger partial charge in [-0.2, -0.15) is 0 Å². The number of aryl methyl sites for hydroxylation is 1. The van der Waals surface area contributed by atoms with Crippen molar-refractivity contribution in [3.63, 3.8) is 0 Å². The Kier molecular flexibility index (Phi) is 7.79. The van der Waals surface area contributed by atoms with Crippen molar-refractivity contribution in [2.24, 2.45) is 0 Å². The lowest BCUT2D eigenvalue weighted by atomic mass is 9.95. The maximum atomic E-state index is 13.8. The number of rotatable bonds is 8. The molecule has 0 saturated carbocycles. The maximum Gasteiger partial charge on any atom is 0.301 e. The van der Waals surface area contributed by atoms with E-state index in [2.05, 4.69) is 0 Å². The van der Waals surface area contributed by atoms with Crippen LogP contribution in [0.5, 0.6) is 23.0 Å². The van der Waals surface area contributed by atoms with Crippen molar-refractivity contribution < 1.29 is 33.6 Å². The summed E-state index contributed by atoms with van der Waals surface area (Å²) in [5.41, 5.74) is 3.54. The van der Waals surface area contributed by atoms with Gasteiger partial charge in [0, 0.05) is 5.56 Å². The van der Waals surface area contributed by atoms with Crippen LogP contribution >= 0.6 is 11.3 Å². The van der Waals surface area contributed by atoms with E-state index in [1.54, 1.807) is 36.4 Å². The number of benzene rings is 4. The van der Waals surface area contributed by atoms with Crippen LogP contribution in [0.4, 0.5) is 5.13 Å². The third kappa shape index (κ3) is 5.41. The van der Waals surface area contributed by atoms with E-state index >= 15 is 0 Å². The van der Waals surface area contributed by atoms with Gasteiger partial charge < -0.3 is 24.1 Å². The first-order valence-corrected chi connectivity index (χ1v) is 15.7. The summed E-state index contributed by atoms with van der Waals surface area (Å²) in [5, 5.41) is 12.1. The quantitative estimate of drug-likeness (QED) is 0.111. The Hall–Kier alpha value is -5.35. The minimum atomic E-state index is -1.00. The van der Waals surface area contributed by atoms with Crippen molar-refractivity contribution in [2.75, 3.05) is 24.7 Å². The summed E-state index contributed by atoms with van der Waals surface area (Å²) in [6.45, 7) is 5.31. The number of aliphatic hydroxyl groups excluding tert-OH is 1. The highest BCUT2D eigenvalue weighted by atomic mass is 32.1. The fourth-order valence-corrected chi connectivity index (χ4v) is 6.72. The number of amides is 1. The highest BCUT2D eigenvalue weighted by Gasteiger charge is 2.48. The second-order valence-electron chi connectivity index (χ2n) is 10.9. The fraction of sp³-hybridized carbons (Fsp3) is 0.194. The zero-order valence-electron chi connectivity index (χ0n) is 25.2. The van der Waals surface area contributed by atoms with Crippen molar-refractivity contribution in [1.29, 1.82) is 0 Å². The van der Waals surface area contributed by atoms with Gasteiger partial charge in [-0.3, -0.25) is 14.5 Å². The molecule has 3 heterocycles. The Bertz CT molecular complexity index is 2000. The summed E-state index contributed by atoms with van der Waals surface area (Å²) in [5.74, 6) is -0.00719. The number of anilines is 1. The Balaban J connectivity index is 1.36. The fourth-order valence-electron chi connectivity index (χ4n) is 5.63. The van der Waals surface area contributed by atoms with Gasteiger partial charge in [0.05, 0.1) is 28.4 Å². The normalized spacial score (nSPS) is 17.0. The van der Waals surface area contributed by atoms with Crippen LogP contribution in [0.15, 0.2) is 90.5 Å². The summed E-state index contributed by atoms with van der Waals surface area (Å²) >= 11 is 1.31. The lowest BCUT2D eigenvalue weighted by Crippen LogP contribution is -2.29. The second-order valence-corrected chi connectivity index (χ2v) is 11.9. The third-order valence-corrected chi connectivity index (χ3v) is 8.84. The summed E-state index contributed by atoms with van der Waals surface area (Å²) in [7, 11) is 0. The number of carbonyl (C=O) groups is 2. The number of hydrogen-bond donors (Lipinski definition) is 1. The molecule has 1 saturated heterocycles. The van der Waals surface area contributed by atoms with E-state index in [0.717, 1.165) is 15.8 Å². The first kappa shape index (κ1) is 29.4. The highest BCUT2D eigenvalue weighted by Crippen LogP contribution is 2.46. The second kappa shape index (κ2) is 12.2. The number of ether oxygens (including phenoxy) is 4. The number of hydrogen-bond acceptors (Lipinski definition) is 9. The molecule has 0 aliphatic carbocycles. The van der Waals surface area contributed by atoms with Crippen LogP contribution in [0.1, 0.15) is 35.2 Å². The van der Waals surface area contributed by atoms with Crippen molar-refractivity contribution >= 4 is 44.1 Å². The average Bonchev–Trinajstić information content (AvgIpc) is 3.61. The van der Waals surface area contributed by atoms with Gasteiger partial charge in [-0.15, -0.1) is 0 Å². The summed E-state index contributed by atoms with van der Waals surface area (Å²) in [4.78, 5) is 33.8. The molecule has 1 amide bonds. The number of Topliss-reactive ketones (excluding diaryl/α,β-unsaturated/α-hetero) is 1. The van der Waals surface area contributed by atoms with Crippen LogP contribution < -0.4 is 23.8 Å². The van der Waals surface area contributed by atoms with Crippen molar-refractivity contribution in [3.05, 3.63) is 113 Å². The Labute approximate surface area is 269 Å². The van der Waals surface area contributed by atoms with Gasteiger partial charge in [0.1, 0.15) is 25.6 Å². The molecular formula is C36H30N2O7S. The lowest BCUT2D eigenvalue weighted by Gasteiger charge is -2.24. The molecular weight excluding hydrogens is 604 g/mol. The molecule has 0 spiro atoms. The van der Waals surface area contributed by atoms with Gasteiger partial charge in [0.2, 0.25) is 0 Å². The van der Waals surface area contributed by atoms with Crippen LogP contribution in [0.3, 0.4) is 0 Å². The minimum absolute atomic E-state index is 0.0717. The molecule has 1 unspecified atom stereocenters. The van der Waals surface area contributed by atoms with Gasteiger partial charge in [0.25, 0.3) is 5.78 Å². The van der Waals surface area contributed by atoms with Crippen LogP contribution in [-0.4, -0.2) is 41.6 Å². The molecule has 9 nitrogen and oxygen atoms in total. The van der Waals surface area contributed by atoms with E-state index in [9.17, 15) is 14.7 Å². The van der Waals surface area contributed by atoms with Crippen LogP contribution in [-0.2, 0) is 16.2 Å². The topological polar surface area (TPSA) is 107 Å². The predicted molar refractivity (Wildman–Crippen MR) is 175 cm³/mol. The van der Waals surface area contributed by atoms with E-state index in [0.29, 0.717) is 71.2 Å². The first-order chi connectivity index (χ1) is 22.4. The van der Waals surface area contributed by atoms with E-state index < -0.39 is 17.7 Å². The van der Waals surface area contributed by atoms with E-state index in [-0.39, 0.29) is 11.3 Å². The van der Waals surface area contributed by atoms with Crippen molar-refractivity contribution in [2.45, 2.75) is 26.5 Å². The molecule has 1 aromatic heterocycles. The van der Waals surface area contributed by atoms with Crippen LogP contribution in [0.2, 0.25) is 0 Å². The zero-order chi connectivity index (χ0) is 31.8. The summed E-state index contributed by atoms with van der Waals surface area (Å²) in [6, 6.07) is 24.8. The standard InChI is InChI=1S/C36H30N2O7S/c1-3-42-28-18-23(10-13-27(28)45-20-22-7-5-4-6-8-22)32-31(33(39)24-11-14-26-29(19-24)44-16-15-43-26)34(40)35(41)38(32)36-37-25-12-9-21(2)17-30(25)46-36/h4-14,17-19,32,39H,3,15-16,20H2,1-2H3/b33-31+. The van der Waals surface area contributed by atoms with Gasteiger partial charge >= 0.3 is 5.91 Å². The SMILES string of the molecule is CCOc1cc(C2/C(=C(\O)c3ccc4c(c3)OCCO4)C(=O)C(=O)N2c2nc3ccc(C)cc3s2)ccc1OCc1ccccc1. The average molecular weight is 635 g/mol. The molecule has 10 heteroatoms. The third-order valence-electron chi connectivity index (χ3n) is 7.82. The number of ketones is 1. The van der Waals surface area contributed by atoms with Gasteiger partial charge in [-0.1, -0.05) is 53.8 Å². The Morgan fingerprint density at radius 2 is 1.74 bits per heavy atom. The molecule has 46 heavy (non-hydrogen) atoms. The largest absolute Gasteiger partial charge is 0.507 e. The summed E-state index contributed by atoms with van der Waals surface area (Å²) < 4.78 is 24.3. The highest BCUT2D eigenvalue weighted by molar-refractivity contribution is 7.22. The predicted octanol–water partition coefficient (Wildman–Crippen LogP) is 6.98. The zero-order valence-corrected chi connectivity index (χ0v) is 26.0. The molecule has 1 atom stereocenters. The first-order valence-electron chi connectivity index (χ1n) is 14.9. The Morgan fingerprint density at radius 1 is 0.935 bits per heavy atom. The molecule has 0 radical (unpaired) electrons. The molecule has 2 aliphatic rings. The number of aromatic nitrogens is 1. The molecule has 5 aromatic rings. The van der Waals surface area contributed by atoms with Crippen LogP contribution in [0.25, 0.3) is 16.0 Å². The van der Waals surface area contributed by atoms with Gasteiger partial charge in [-0.25, -0.2) is 4.98 Å². The molecule has 0 bridgehead atoms. The van der Waals surface area contributed by atoms with Gasteiger partial charge in [0.15, 0.2) is 28.1 Å². The number of thiazole rings is 1. The minimum Gasteiger partial charge on any atom is -0.507 e. The number of nitrogens with zero attached hydrogens (tertiary/aromatic N) is 2. The molecule has 2 aliphatic heterocycles. The van der Waals surface area contributed by atoms with Gasteiger partial charge in [-0.05, 0) is 73.0 Å². The molecule has 7 rings (SSSR count). The van der Waals surface area contributed by atoms with E-state index in [1.807, 2.05) is 62.4 Å². The molecule has 232 valence electrons. The number of fused-ring (bicyclic) bond motifs is 2. The van der Waals surface area contributed by atoms with Crippen molar-refractivity contribution in [3.8, 4) is 23.0 Å². The van der Waals surface area contributed by atoms with E-state index in [4.69, 9.17) is 23.9 Å². The molecule has 4 aromatic carbocycles. The molecule has 1 fully saturated rings. The maximum absolute atomic E-state index is 13.8. The lowest BCUT2D eigenvalue weighted by molar-refractivity contribution is -0.132. The van der Waals surface area contributed by atoms with Crippen molar-refractivity contribution in [1.82, 2.24) is 4.98 Å². The summed E-state index contributed by atoms with van der Waals surface area (Å²) in [6.07, 6.45) is 0. The number of carbonyl (C=O) groups excluding carboxylic acids is 2. The number of aliphatic hydroxyl groups is 1. The monoisotopic (exact) mass is 634 g/mol. The smallest absolute Gasteiger partial charge is 0.301 e. The molecule has 1 N–H and O–H groups in total.